The normalized spacial score (nSPS) is 10.6. The maximum atomic E-state index is 11.8. The van der Waals surface area contributed by atoms with Crippen molar-refractivity contribution in [3.8, 4) is 0 Å². The Kier molecular flexibility index (Phi) is 3.16. The molecular formula is C11H13N3O2. The van der Waals surface area contributed by atoms with Crippen LogP contribution in [0, 0.1) is 0 Å². The first kappa shape index (κ1) is 10.6. The molecule has 0 spiro atoms. The van der Waals surface area contributed by atoms with E-state index in [0.717, 1.165) is 0 Å². The molecule has 5 heteroatoms. The largest absolute Gasteiger partial charge is 0.383 e. The Bertz CT molecular complexity index is 493. The highest BCUT2D eigenvalue weighted by molar-refractivity contribution is 5.99. The molecule has 0 fully saturated rings. The lowest BCUT2D eigenvalue weighted by Gasteiger charge is -2.05. The van der Waals surface area contributed by atoms with Crippen LogP contribution >= 0.6 is 0 Å². The molecule has 2 heterocycles. The molecule has 2 aromatic heterocycles. The first-order valence-corrected chi connectivity index (χ1v) is 5.02. The monoisotopic (exact) mass is 219 g/mol. The molecule has 0 bridgehead atoms. The van der Waals surface area contributed by atoms with Crippen molar-refractivity contribution < 1.29 is 9.53 Å². The molecule has 0 aliphatic rings. The SMILES string of the molecule is COCCNC(=O)c1cccn2ccnc12. The van der Waals surface area contributed by atoms with E-state index in [-0.39, 0.29) is 5.91 Å². The summed E-state index contributed by atoms with van der Waals surface area (Å²) < 4.78 is 6.68. The quantitative estimate of drug-likeness (QED) is 0.770. The zero-order valence-corrected chi connectivity index (χ0v) is 9.01. The van der Waals surface area contributed by atoms with Crippen LogP contribution in [0.1, 0.15) is 10.4 Å². The van der Waals surface area contributed by atoms with Gasteiger partial charge < -0.3 is 14.5 Å². The summed E-state index contributed by atoms with van der Waals surface area (Å²) in [5.74, 6) is -0.131. The summed E-state index contributed by atoms with van der Waals surface area (Å²) in [6.45, 7) is 1.00. The van der Waals surface area contributed by atoms with Crippen LogP contribution in [0.3, 0.4) is 0 Å². The number of ether oxygens (including phenoxy) is 1. The van der Waals surface area contributed by atoms with Crippen LogP contribution in [0.5, 0.6) is 0 Å². The molecule has 2 rings (SSSR count). The number of carbonyl (C=O) groups is 1. The van der Waals surface area contributed by atoms with Gasteiger partial charge in [-0.25, -0.2) is 4.98 Å². The minimum absolute atomic E-state index is 0.131. The number of hydrogen-bond acceptors (Lipinski definition) is 3. The predicted molar refractivity (Wildman–Crippen MR) is 59.4 cm³/mol. The maximum absolute atomic E-state index is 11.8. The summed E-state index contributed by atoms with van der Waals surface area (Å²) in [6, 6.07) is 3.57. The molecule has 0 aliphatic heterocycles. The van der Waals surface area contributed by atoms with E-state index in [0.29, 0.717) is 24.4 Å². The Morgan fingerprint density at radius 3 is 3.25 bits per heavy atom. The highest BCUT2D eigenvalue weighted by Gasteiger charge is 2.09. The number of aromatic nitrogens is 2. The van der Waals surface area contributed by atoms with Gasteiger partial charge in [-0.1, -0.05) is 0 Å². The van der Waals surface area contributed by atoms with Gasteiger partial charge in [0.15, 0.2) is 0 Å². The van der Waals surface area contributed by atoms with Crippen molar-refractivity contribution in [2.24, 2.45) is 0 Å². The number of fused-ring (bicyclic) bond motifs is 1. The van der Waals surface area contributed by atoms with Gasteiger partial charge in [0.1, 0.15) is 5.65 Å². The molecule has 2 aromatic rings. The van der Waals surface area contributed by atoms with Crippen LogP contribution in [0.4, 0.5) is 0 Å². The highest BCUT2D eigenvalue weighted by Crippen LogP contribution is 2.07. The van der Waals surface area contributed by atoms with Crippen molar-refractivity contribution in [1.82, 2.24) is 14.7 Å². The second kappa shape index (κ2) is 4.76. The molecule has 0 saturated carbocycles. The van der Waals surface area contributed by atoms with Crippen molar-refractivity contribution in [3.05, 3.63) is 36.3 Å². The minimum Gasteiger partial charge on any atom is -0.383 e. The fourth-order valence-corrected chi connectivity index (χ4v) is 1.49. The van der Waals surface area contributed by atoms with E-state index in [1.807, 2.05) is 16.7 Å². The molecule has 0 radical (unpaired) electrons. The lowest BCUT2D eigenvalue weighted by Crippen LogP contribution is -2.27. The number of methoxy groups -OCH3 is 1. The standard InChI is InChI=1S/C11H13N3O2/c1-16-8-5-13-11(15)9-3-2-6-14-7-4-12-10(9)14/h2-4,6-7H,5,8H2,1H3,(H,13,15). The van der Waals surface area contributed by atoms with Gasteiger partial charge in [0, 0.05) is 32.2 Å². The molecule has 0 aliphatic carbocycles. The number of nitrogens with one attached hydrogen (secondary N) is 1. The Morgan fingerprint density at radius 2 is 2.44 bits per heavy atom. The zero-order chi connectivity index (χ0) is 11.4. The van der Waals surface area contributed by atoms with Gasteiger partial charge >= 0.3 is 0 Å². The van der Waals surface area contributed by atoms with Gasteiger partial charge in [-0.15, -0.1) is 0 Å². The summed E-state index contributed by atoms with van der Waals surface area (Å²) in [6.07, 6.45) is 5.33. The fourth-order valence-electron chi connectivity index (χ4n) is 1.49. The van der Waals surface area contributed by atoms with Crippen molar-refractivity contribution in [2.75, 3.05) is 20.3 Å². The van der Waals surface area contributed by atoms with E-state index in [2.05, 4.69) is 10.3 Å². The van der Waals surface area contributed by atoms with Crippen molar-refractivity contribution >= 4 is 11.6 Å². The third-order valence-corrected chi connectivity index (χ3v) is 2.26. The van der Waals surface area contributed by atoms with Crippen LogP contribution in [0.15, 0.2) is 30.7 Å². The molecule has 0 saturated heterocycles. The highest BCUT2D eigenvalue weighted by atomic mass is 16.5. The average Bonchev–Trinajstić information content (AvgIpc) is 2.76. The number of imidazole rings is 1. The van der Waals surface area contributed by atoms with E-state index >= 15 is 0 Å². The van der Waals surface area contributed by atoms with Crippen LogP contribution < -0.4 is 5.32 Å². The maximum Gasteiger partial charge on any atom is 0.255 e. The van der Waals surface area contributed by atoms with Gasteiger partial charge in [-0.3, -0.25) is 4.79 Å². The smallest absolute Gasteiger partial charge is 0.255 e. The van der Waals surface area contributed by atoms with E-state index < -0.39 is 0 Å². The number of nitrogens with zero attached hydrogens (tertiary/aromatic N) is 2. The molecule has 1 N–H and O–H groups in total. The van der Waals surface area contributed by atoms with Gasteiger partial charge in [-0.2, -0.15) is 0 Å². The average molecular weight is 219 g/mol. The molecule has 0 aromatic carbocycles. The first-order chi connectivity index (χ1) is 7.83. The summed E-state index contributed by atoms with van der Waals surface area (Å²) in [7, 11) is 1.60. The summed E-state index contributed by atoms with van der Waals surface area (Å²) in [4.78, 5) is 16.0. The van der Waals surface area contributed by atoms with Crippen LogP contribution in [-0.4, -0.2) is 35.6 Å². The number of amides is 1. The molecular weight excluding hydrogens is 206 g/mol. The summed E-state index contributed by atoms with van der Waals surface area (Å²) in [5, 5.41) is 2.76. The van der Waals surface area contributed by atoms with E-state index in [1.54, 1.807) is 25.6 Å². The summed E-state index contributed by atoms with van der Waals surface area (Å²) in [5.41, 5.74) is 1.24. The fraction of sp³-hybridized carbons (Fsp3) is 0.273. The second-order valence-electron chi connectivity index (χ2n) is 3.33. The van der Waals surface area contributed by atoms with Crippen LogP contribution in [0.25, 0.3) is 5.65 Å². The lowest BCUT2D eigenvalue weighted by atomic mass is 10.2. The molecule has 16 heavy (non-hydrogen) atoms. The molecule has 84 valence electrons. The molecule has 0 unspecified atom stereocenters. The number of hydrogen-bond donors (Lipinski definition) is 1. The predicted octanol–water partition coefficient (Wildman–Crippen LogP) is 0.710. The number of pyridine rings is 1. The number of carbonyl (C=O) groups excluding carboxylic acids is 1. The van der Waals surface area contributed by atoms with Gasteiger partial charge in [-0.05, 0) is 12.1 Å². The Balaban J connectivity index is 2.19. The van der Waals surface area contributed by atoms with E-state index in [1.165, 1.54) is 0 Å². The van der Waals surface area contributed by atoms with Crippen LogP contribution in [0.2, 0.25) is 0 Å². The third-order valence-electron chi connectivity index (χ3n) is 2.26. The Labute approximate surface area is 93.1 Å². The Hall–Kier alpha value is -1.88. The van der Waals surface area contributed by atoms with Crippen molar-refractivity contribution in [3.63, 3.8) is 0 Å². The lowest BCUT2D eigenvalue weighted by molar-refractivity contribution is 0.0938. The minimum atomic E-state index is -0.131. The molecule has 1 amide bonds. The zero-order valence-electron chi connectivity index (χ0n) is 9.01. The third kappa shape index (κ3) is 2.04. The first-order valence-electron chi connectivity index (χ1n) is 5.02. The second-order valence-corrected chi connectivity index (χ2v) is 3.33. The van der Waals surface area contributed by atoms with E-state index in [9.17, 15) is 4.79 Å². The van der Waals surface area contributed by atoms with Crippen molar-refractivity contribution in [1.29, 1.82) is 0 Å². The molecule has 5 nitrogen and oxygen atoms in total. The van der Waals surface area contributed by atoms with Gasteiger partial charge in [0.25, 0.3) is 5.91 Å². The molecule has 0 atom stereocenters. The Morgan fingerprint density at radius 1 is 1.56 bits per heavy atom. The van der Waals surface area contributed by atoms with Crippen molar-refractivity contribution in [2.45, 2.75) is 0 Å². The van der Waals surface area contributed by atoms with Gasteiger partial charge in [0.2, 0.25) is 0 Å². The van der Waals surface area contributed by atoms with Gasteiger partial charge in [0.05, 0.1) is 12.2 Å². The van der Waals surface area contributed by atoms with E-state index in [4.69, 9.17) is 4.74 Å². The summed E-state index contributed by atoms with van der Waals surface area (Å²) >= 11 is 0. The van der Waals surface area contributed by atoms with Crippen LogP contribution in [-0.2, 0) is 4.74 Å². The topological polar surface area (TPSA) is 55.6 Å². The number of rotatable bonds is 4.